The van der Waals surface area contributed by atoms with E-state index in [1.54, 1.807) is 24.0 Å². The zero-order valence-electron chi connectivity index (χ0n) is 18.4. The van der Waals surface area contributed by atoms with Crippen LogP contribution in [0.4, 0.5) is 8.78 Å². The van der Waals surface area contributed by atoms with E-state index in [-0.39, 0.29) is 29.7 Å². The van der Waals surface area contributed by atoms with Crippen molar-refractivity contribution in [2.75, 3.05) is 6.54 Å². The molecule has 176 valence electrons. The molecule has 1 heterocycles. The average Bonchev–Trinajstić information content (AvgIpc) is 3.31. The fourth-order valence-electron chi connectivity index (χ4n) is 3.29. The first-order valence-electron chi connectivity index (χ1n) is 10.5. The van der Waals surface area contributed by atoms with Crippen LogP contribution in [0.3, 0.4) is 0 Å². The molecule has 1 aromatic heterocycles. The van der Waals surface area contributed by atoms with E-state index >= 15 is 0 Å². The molecular weight excluding hydrogens is 466 g/mol. The predicted molar refractivity (Wildman–Crippen MR) is 125 cm³/mol. The Hall–Kier alpha value is -2.62. The van der Waals surface area contributed by atoms with Crippen LogP contribution in [-0.4, -0.2) is 36.1 Å². The molecule has 5 nitrogen and oxygen atoms in total. The molecule has 2 aromatic carbocycles. The second-order valence-electron chi connectivity index (χ2n) is 7.72. The van der Waals surface area contributed by atoms with Gasteiger partial charge >= 0.3 is 0 Å². The quantitative estimate of drug-likeness (QED) is 0.398. The fraction of sp³-hybridized carbons (Fsp3) is 0.292. The third kappa shape index (κ3) is 6.46. The second-order valence-corrected chi connectivity index (χ2v) is 10.6. The van der Waals surface area contributed by atoms with Gasteiger partial charge in [-0.3, -0.25) is 4.79 Å². The highest BCUT2D eigenvalue weighted by molar-refractivity contribution is 7.89. The maximum absolute atomic E-state index is 13.4. The van der Waals surface area contributed by atoms with Crippen LogP contribution >= 0.6 is 11.3 Å². The maximum Gasteiger partial charge on any atom is 0.243 e. The molecule has 0 aliphatic rings. The number of thiophene rings is 1. The van der Waals surface area contributed by atoms with Gasteiger partial charge in [0.1, 0.15) is 11.6 Å². The van der Waals surface area contributed by atoms with E-state index in [9.17, 15) is 22.0 Å². The van der Waals surface area contributed by atoms with E-state index in [1.807, 2.05) is 24.4 Å². The third-order valence-corrected chi connectivity index (χ3v) is 8.20. The van der Waals surface area contributed by atoms with Crippen molar-refractivity contribution in [2.45, 2.75) is 44.3 Å². The van der Waals surface area contributed by atoms with Crippen molar-refractivity contribution in [2.24, 2.45) is 0 Å². The Kier molecular flexibility index (Phi) is 8.34. The van der Waals surface area contributed by atoms with Crippen LogP contribution in [0.15, 0.2) is 70.9 Å². The maximum atomic E-state index is 13.4. The number of benzene rings is 2. The van der Waals surface area contributed by atoms with Crippen LogP contribution in [0.5, 0.6) is 0 Å². The van der Waals surface area contributed by atoms with Crippen molar-refractivity contribution in [1.82, 2.24) is 9.21 Å². The minimum Gasteiger partial charge on any atom is -0.332 e. The third-order valence-electron chi connectivity index (χ3n) is 5.36. The molecule has 0 radical (unpaired) electrons. The Balaban J connectivity index is 1.88. The number of nitrogens with zero attached hydrogens (tertiary/aromatic N) is 2. The normalized spacial score (nSPS) is 12.6. The van der Waals surface area contributed by atoms with E-state index in [0.29, 0.717) is 13.0 Å². The van der Waals surface area contributed by atoms with Crippen LogP contribution in [-0.2, 0) is 27.9 Å². The lowest BCUT2D eigenvalue weighted by atomic mass is 10.2. The van der Waals surface area contributed by atoms with Crippen LogP contribution in [0, 0.1) is 11.6 Å². The first kappa shape index (κ1) is 25.0. The Morgan fingerprint density at radius 1 is 0.970 bits per heavy atom. The molecule has 3 aromatic rings. The monoisotopic (exact) mass is 492 g/mol. The number of sulfonamides is 1. The van der Waals surface area contributed by atoms with Gasteiger partial charge in [0.2, 0.25) is 15.9 Å². The summed E-state index contributed by atoms with van der Waals surface area (Å²) in [4.78, 5) is 15.8. The van der Waals surface area contributed by atoms with E-state index in [2.05, 4.69) is 0 Å². The predicted octanol–water partition coefficient (Wildman–Crippen LogP) is 5.04. The van der Waals surface area contributed by atoms with Gasteiger partial charge in [0.25, 0.3) is 0 Å². The summed E-state index contributed by atoms with van der Waals surface area (Å²) in [5, 5.41) is 1.90. The smallest absolute Gasteiger partial charge is 0.243 e. The van der Waals surface area contributed by atoms with Crippen LogP contribution in [0.25, 0.3) is 0 Å². The summed E-state index contributed by atoms with van der Waals surface area (Å²) in [5.74, 6) is -1.29. The molecule has 9 heteroatoms. The topological polar surface area (TPSA) is 57.7 Å². The summed E-state index contributed by atoms with van der Waals surface area (Å²) in [7, 11) is -4.03. The van der Waals surface area contributed by atoms with E-state index < -0.39 is 21.9 Å². The van der Waals surface area contributed by atoms with Gasteiger partial charge in [0.15, 0.2) is 0 Å². The van der Waals surface area contributed by atoms with Gasteiger partial charge in [-0.05, 0) is 66.8 Å². The molecule has 0 aliphatic heterocycles. The van der Waals surface area contributed by atoms with Crippen molar-refractivity contribution in [3.05, 3.63) is 88.1 Å². The van der Waals surface area contributed by atoms with Gasteiger partial charge in [-0.15, -0.1) is 11.3 Å². The highest BCUT2D eigenvalue weighted by atomic mass is 32.2. The molecule has 0 spiro atoms. The molecule has 3 rings (SSSR count). The Morgan fingerprint density at radius 2 is 1.58 bits per heavy atom. The Morgan fingerprint density at radius 3 is 2.12 bits per heavy atom. The van der Waals surface area contributed by atoms with E-state index in [4.69, 9.17) is 0 Å². The molecule has 0 saturated carbocycles. The van der Waals surface area contributed by atoms with Crippen molar-refractivity contribution < 1.29 is 22.0 Å². The highest BCUT2D eigenvalue weighted by Crippen LogP contribution is 2.22. The fourth-order valence-corrected chi connectivity index (χ4v) is 5.66. The van der Waals surface area contributed by atoms with Gasteiger partial charge in [0.05, 0.1) is 18.0 Å². The number of amides is 1. The molecular formula is C24H26F2N2O3S2. The zero-order chi connectivity index (χ0) is 24.0. The van der Waals surface area contributed by atoms with Crippen molar-refractivity contribution in [3.63, 3.8) is 0 Å². The van der Waals surface area contributed by atoms with Gasteiger partial charge in [-0.1, -0.05) is 25.1 Å². The number of rotatable bonds is 10. The molecule has 0 N–H and O–H groups in total. The molecule has 0 fully saturated rings. The molecule has 0 saturated heterocycles. The van der Waals surface area contributed by atoms with Gasteiger partial charge in [-0.25, -0.2) is 17.2 Å². The number of hydrogen-bond donors (Lipinski definition) is 0. The number of halogens is 2. The van der Waals surface area contributed by atoms with Gasteiger partial charge in [-0.2, -0.15) is 4.31 Å². The van der Waals surface area contributed by atoms with Gasteiger partial charge < -0.3 is 4.90 Å². The standard InChI is InChI=1S/C24H26F2N2O3S2/c1-3-18(2)28(33(30,31)23-12-10-21(26)11-13-23)17-24(29)27(16-22-5-4-14-32-22)15-19-6-8-20(25)9-7-19/h4-14,18H,3,15-17H2,1-2H3. The lowest BCUT2D eigenvalue weighted by molar-refractivity contribution is -0.133. The lowest BCUT2D eigenvalue weighted by Gasteiger charge is -2.30. The summed E-state index contributed by atoms with van der Waals surface area (Å²) in [6.45, 7) is 3.73. The van der Waals surface area contributed by atoms with Crippen LogP contribution in [0.2, 0.25) is 0 Å². The van der Waals surface area contributed by atoms with Crippen LogP contribution < -0.4 is 0 Å². The molecule has 1 unspecified atom stereocenters. The molecule has 1 amide bonds. The largest absolute Gasteiger partial charge is 0.332 e. The minimum absolute atomic E-state index is 0.0691. The Labute approximate surface area is 197 Å². The molecule has 0 aliphatic carbocycles. The molecule has 0 bridgehead atoms. The van der Waals surface area contributed by atoms with Crippen LogP contribution in [0.1, 0.15) is 30.7 Å². The zero-order valence-corrected chi connectivity index (χ0v) is 20.1. The SMILES string of the molecule is CCC(C)N(CC(=O)N(Cc1ccc(F)cc1)Cc1cccs1)S(=O)(=O)c1ccc(F)cc1. The lowest BCUT2D eigenvalue weighted by Crippen LogP contribution is -2.46. The number of hydrogen-bond acceptors (Lipinski definition) is 4. The van der Waals surface area contributed by atoms with Gasteiger partial charge in [0, 0.05) is 17.5 Å². The summed E-state index contributed by atoms with van der Waals surface area (Å²) in [6.07, 6.45) is 0.497. The summed E-state index contributed by atoms with van der Waals surface area (Å²) in [6, 6.07) is 13.8. The van der Waals surface area contributed by atoms with Crippen molar-refractivity contribution >= 4 is 27.3 Å². The highest BCUT2D eigenvalue weighted by Gasteiger charge is 2.32. The molecule has 1 atom stereocenters. The number of carbonyl (C=O) groups excluding carboxylic acids is 1. The van der Waals surface area contributed by atoms with Crippen molar-refractivity contribution in [3.8, 4) is 0 Å². The van der Waals surface area contributed by atoms with E-state index in [0.717, 1.165) is 26.9 Å². The second kappa shape index (κ2) is 11.0. The first-order chi connectivity index (χ1) is 15.7. The number of carbonyl (C=O) groups is 1. The summed E-state index contributed by atoms with van der Waals surface area (Å²) in [5.41, 5.74) is 0.734. The summed E-state index contributed by atoms with van der Waals surface area (Å²) < 4.78 is 54.4. The summed E-state index contributed by atoms with van der Waals surface area (Å²) >= 11 is 1.49. The molecule has 33 heavy (non-hydrogen) atoms. The van der Waals surface area contributed by atoms with Crippen molar-refractivity contribution in [1.29, 1.82) is 0 Å². The average molecular weight is 493 g/mol. The first-order valence-corrected chi connectivity index (χ1v) is 12.8. The Bertz CT molecular complexity index is 1150. The minimum atomic E-state index is -4.03. The van der Waals surface area contributed by atoms with E-state index in [1.165, 1.54) is 35.6 Å².